The molecular formula is C15H24N2O3. The fraction of sp³-hybridized carbons (Fsp3) is 0.800. The van der Waals surface area contributed by atoms with Crippen LogP contribution in [0.25, 0.3) is 0 Å². The van der Waals surface area contributed by atoms with Crippen LogP contribution in [0.4, 0.5) is 0 Å². The quantitative estimate of drug-likeness (QED) is 0.894. The molecule has 0 aromatic carbocycles. The maximum Gasteiger partial charge on any atom is 0.310 e. The number of rotatable bonds is 5. The van der Waals surface area contributed by atoms with Crippen LogP contribution in [0.2, 0.25) is 0 Å². The van der Waals surface area contributed by atoms with Crippen molar-refractivity contribution in [2.45, 2.75) is 65.2 Å². The highest BCUT2D eigenvalue weighted by Crippen LogP contribution is 2.34. The van der Waals surface area contributed by atoms with Crippen molar-refractivity contribution in [1.82, 2.24) is 10.1 Å². The zero-order valence-electron chi connectivity index (χ0n) is 12.6. The molecule has 112 valence electrons. The number of hydrogen-bond acceptors (Lipinski definition) is 4. The van der Waals surface area contributed by atoms with Crippen molar-refractivity contribution in [2.75, 3.05) is 0 Å². The van der Waals surface area contributed by atoms with Gasteiger partial charge in [0, 0.05) is 12.3 Å². The molecule has 1 atom stereocenters. The van der Waals surface area contributed by atoms with Crippen molar-refractivity contribution in [1.29, 1.82) is 0 Å². The first-order valence-corrected chi connectivity index (χ1v) is 7.49. The molecule has 0 amide bonds. The summed E-state index contributed by atoms with van der Waals surface area (Å²) in [6.07, 6.45) is 6.23. The molecule has 0 aliphatic heterocycles. The third-order valence-corrected chi connectivity index (χ3v) is 4.74. The lowest BCUT2D eigenvalue weighted by Gasteiger charge is -2.27. The number of carbonyl (C=O) groups is 1. The minimum absolute atomic E-state index is 0.00466. The van der Waals surface area contributed by atoms with Crippen LogP contribution in [0.1, 0.15) is 70.5 Å². The molecule has 1 heterocycles. The van der Waals surface area contributed by atoms with Crippen molar-refractivity contribution in [3.05, 3.63) is 11.7 Å². The van der Waals surface area contributed by atoms with E-state index in [1.54, 1.807) is 6.92 Å². The summed E-state index contributed by atoms with van der Waals surface area (Å²) in [4.78, 5) is 15.9. The number of aromatic nitrogens is 2. The average molecular weight is 280 g/mol. The number of carboxylic acid groups (broad SMARTS) is 1. The standard InChI is InChI=1S/C15H24N2O3/c1-10(2)15(3,14(18)19)9-12-16-13(17-20-12)11-7-5-4-6-8-11/h10-11H,4-9H2,1-3H3,(H,18,19). The van der Waals surface area contributed by atoms with Crippen LogP contribution in [0.3, 0.4) is 0 Å². The molecule has 0 bridgehead atoms. The second-order valence-electron chi connectivity index (χ2n) is 6.44. The van der Waals surface area contributed by atoms with Gasteiger partial charge in [0.05, 0.1) is 5.41 Å². The predicted octanol–water partition coefficient (Wildman–Crippen LogP) is 3.41. The molecule has 1 aromatic rings. The number of aliphatic carboxylic acids is 1. The number of nitrogens with zero attached hydrogens (tertiary/aromatic N) is 2. The van der Waals surface area contributed by atoms with Crippen LogP contribution in [0, 0.1) is 11.3 Å². The lowest BCUT2D eigenvalue weighted by Crippen LogP contribution is -2.35. The summed E-state index contributed by atoms with van der Waals surface area (Å²) in [5.41, 5.74) is -0.865. The maximum absolute atomic E-state index is 11.5. The van der Waals surface area contributed by atoms with Crippen molar-refractivity contribution < 1.29 is 14.4 Å². The van der Waals surface area contributed by atoms with E-state index in [0.717, 1.165) is 18.7 Å². The Labute approximate surface area is 119 Å². The molecule has 2 rings (SSSR count). The SMILES string of the molecule is CC(C)C(C)(Cc1nc(C2CCCCC2)no1)C(=O)O. The van der Waals surface area contributed by atoms with Gasteiger partial charge in [-0.25, -0.2) is 0 Å². The van der Waals surface area contributed by atoms with Gasteiger partial charge < -0.3 is 9.63 Å². The Morgan fingerprint density at radius 3 is 2.60 bits per heavy atom. The third-order valence-electron chi connectivity index (χ3n) is 4.74. The molecule has 0 spiro atoms. The summed E-state index contributed by atoms with van der Waals surface area (Å²) in [5, 5.41) is 13.5. The molecule has 0 saturated heterocycles. The molecule has 1 aliphatic carbocycles. The van der Waals surface area contributed by atoms with E-state index >= 15 is 0 Å². The normalized spacial score (nSPS) is 20.0. The van der Waals surface area contributed by atoms with Gasteiger partial charge in [-0.1, -0.05) is 38.3 Å². The van der Waals surface area contributed by atoms with E-state index < -0.39 is 11.4 Å². The van der Waals surface area contributed by atoms with E-state index in [1.807, 2.05) is 13.8 Å². The first-order valence-electron chi connectivity index (χ1n) is 7.49. The minimum atomic E-state index is -0.865. The van der Waals surface area contributed by atoms with E-state index in [0.29, 0.717) is 18.2 Å². The van der Waals surface area contributed by atoms with E-state index in [1.165, 1.54) is 19.3 Å². The topological polar surface area (TPSA) is 76.2 Å². The Hall–Kier alpha value is -1.39. The lowest BCUT2D eigenvalue weighted by atomic mass is 9.76. The summed E-state index contributed by atoms with van der Waals surface area (Å²) in [6, 6.07) is 0. The molecule has 20 heavy (non-hydrogen) atoms. The summed E-state index contributed by atoms with van der Waals surface area (Å²) >= 11 is 0. The Morgan fingerprint density at radius 1 is 1.40 bits per heavy atom. The Morgan fingerprint density at radius 2 is 2.05 bits per heavy atom. The minimum Gasteiger partial charge on any atom is -0.481 e. The van der Waals surface area contributed by atoms with Gasteiger partial charge in [0.15, 0.2) is 5.82 Å². The highest BCUT2D eigenvalue weighted by atomic mass is 16.5. The molecule has 0 radical (unpaired) electrons. The van der Waals surface area contributed by atoms with Gasteiger partial charge in [-0.2, -0.15) is 4.98 Å². The Bertz CT molecular complexity index is 463. The van der Waals surface area contributed by atoms with Crippen molar-refractivity contribution in [2.24, 2.45) is 11.3 Å². The third kappa shape index (κ3) is 3.02. The van der Waals surface area contributed by atoms with Crippen LogP contribution in [-0.2, 0) is 11.2 Å². The molecule has 1 saturated carbocycles. The van der Waals surface area contributed by atoms with Gasteiger partial charge >= 0.3 is 5.97 Å². The number of hydrogen-bond donors (Lipinski definition) is 1. The molecule has 1 aliphatic rings. The maximum atomic E-state index is 11.5. The smallest absolute Gasteiger partial charge is 0.310 e. The van der Waals surface area contributed by atoms with E-state index in [9.17, 15) is 9.90 Å². The van der Waals surface area contributed by atoms with E-state index in [4.69, 9.17) is 4.52 Å². The molecule has 1 unspecified atom stereocenters. The van der Waals surface area contributed by atoms with E-state index in [2.05, 4.69) is 10.1 Å². The molecule has 5 heteroatoms. The summed E-state index contributed by atoms with van der Waals surface area (Å²) in [5.74, 6) is 0.784. The second kappa shape index (κ2) is 5.94. The fourth-order valence-electron chi connectivity index (χ4n) is 2.71. The molecular weight excluding hydrogens is 256 g/mol. The first kappa shape index (κ1) is 15.0. The van der Waals surface area contributed by atoms with Crippen LogP contribution in [0.15, 0.2) is 4.52 Å². The van der Waals surface area contributed by atoms with Crippen molar-refractivity contribution in [3.8, 4) is 0 Å². The zero-order valence-corrected chi connectivity index (χ0v) is 12.6. The van der Waals surface area contributed by atoms with Crippen molar-refractivity contribution >= 4 is 5.97 Å². The molecule has 1 N–H and O–H groups in total. The highest BCUT2D eigenvalue weighted by molar-refractivity contribution is 5.74. The summed E-state index contributed by atoms with van der Waals surface area (Å²) in [6.45, 7) is 5.56. The highest BCUT2D eigenvalue weighted by Gasteiger charge is 2.39. The molecule has 1 aromatic heterocycles. The monoisotopic (exact) mass is 280 g/mol. The van der Waals surface area contributed by atoms with Gasteiger partial charge in [-0.3, -0.25) is 4.79 Å². The van der Waals surface area contributed by atoms with E-state index in [-0.39, 0.29) is 5.92 Å². The predicted molar refractivity (Wildman–Crippen MR) is 74.4 cm³/mol. The second-order valence-corrected chi connectivity index (χ2v) is 6.44. The number of carboxylic acids is 1. The first-order chi connectivity index (χ1) is 9.43. The van der Waals surface area contributed by atoms with Crippen molar-refractivity contribution in [3.63, 3.8) is 0 Å². The lowest BCUT2D eigenvalue weighted by molar-refractivity contribution is -0.150. The Kier molecular flexibility index (Phi) is 4.45. The molecule has 1 fully saturated rings. The van der Waals surface area contributed by atoms with Crippen LogP contribution in [-0.4, -0.2) is 21.2 Å². The van der Waals surface area contributed by atoms with Gasteiger partial charge in [-0.05, 0) is 25.7 Å². The summed E-state index contributed by atoms with van der Waals surface area (Å²) in [7, 11) is 0. The van der Waals surface area contributed by atoms with Gasteiger partial charge in [-0.15, -0.1) is 0 Å². The summed E-state index contributed by atoms with van der Waals surface area (Å²) < 4.78 is 5.29. The van der Waals surface area contributed by atoms with Crippen LogP contribution in [0.5, 0.6) is 0 Å². The largest absolute Gasteiger partial charge is 0.481 e. The fourth-order valence-corrected chi connectivity index (χ4v) is 2.71. The zero-order chi connectivity index (χ0) is 14.8. The molecule has 5 nitrogen and oxygen atoms in total. The van der Waals surface area contributed by atoms with Gasteiger partial charge in [0.25, 0.3) is 0 Å². The van der Waals surface area contributed by atoms with Gasteiger partial charge in [0.2, 0.25) is 5.89 Å². The average Bonchev–Trinajstić information content (AvgIpc) is 2.87. The Balaban J connectivity index is 2.10. The van der Waals surface area contributed by atoms with Crippen LogP contribution >= 0.6 is 0 Å². The van der Waals surface area contributed by atoms with Crippen LogP contribution < -0.4 is 0 Å². The van der Waals surface area contributed by atoms with Gasteiger partial charge in [0.1, 0.15) is 0 Å².